The Morgan fingerprint density at radius 3 is 2.00 bits per heavy atom. The van der Waals surface area contributed by atoms with Crippen LogP contribution in [0.3, 0.4) is 0 Å². The SMILES string of the molecule is C=N/C(C(=C)N)=C(/C(=N)C=O)C(C)(C)C.CO. The van der Waals surface area contributed by atoms with Crippen molar-refractivity contribution in [2.75, 3.05) is 7.11 Å². The van der Waals surface area contributed by atoms with E-state index in [1.54, 1.807) is 0 Å². The van der Waals surface area contributed by atoms with E-state index in [4.69, 9.17) is 16.2 Å². The Morgan fingerprint density at radius 2 is 1.82 bits per heavy atom. The van der Waals surface area contributed by atoms with E-state index in [-0.39, 0.29) is 11.4 Å². The molecule has 17 heavy (non-hydrogen) atoms. The van der Waals surface area contributed by atoms with Gasteiger partial charge < -0.3 is 10.8 Å². The second-order valence-electron chi connectivity index (χ2n) is 4.19. The average Bonchev–Trinajstić information content (AvgIpc) is 2.25. The topological polar surface area (TPSA) is 99.5 Å². The number of aldehydes is 1. The number of hydrogen-bond donors (Lipinski definition) is 3. The number of nitrogens with two attached hydrogens (primary N) is 1. The van der Waals surface area contributed by atoms with E-state index in [1.165, 1.54) is 0 Å². The zero-order valence-electron chi connectivity index (χ0n) is 10.9. The number of aliphatic hydroxyl groups is 1. The Hall–Kier alpha value is -1.75. The average molecular weight is 239 g/mol. The van der Waals surface area contributed by atoms with E-state index >= 15 is 0 Å². The fourth-order valence-corrected chi connectivity index (χ4v) is 1.29. The number of nitrogens with zero attached hydrogens (tertiary/aromatic N) is 1. The summed E-state index contributed by atoms with van der Waals surface area (Å²) in [5.74, 6) is 0. The van der Waals surface area contributed by atoms with E-state index < -0.39 is 5.41 Å². The largest absolute Gasteiger partial charge is 0.400 e. The van der Waals surface area contributed by atoms with Crippen molar-refractivity contribution in [3.63, 3.8) is 0 Å². The van der Waals surface area contributed by atoms with Gasteiger partial charge >= 0.3 is 0 Å². The van der Waals surface area contributed by atoms with Gasteiger partial charge in [-0.25, -0.2) is 0 Å². The van der Waals surface area contributed by atoms with Crippen LogP contribution < -0.4 is 5.73 Å². The van der Waals surface area contributed by atoms with Gasteiger partial charge in [-0.15, -0.1) is 0 Å². The van der Waals surface area contributed by atoms with Crippen molar-refractivity contribution in [3.8, 4) is 0 Å². The predicted octanol–water partition coefficient (Wildman–Crippen LogP) is 1.29. The maximum Gasteiger partial charge on any atom is 0.168 e. The molecule has 0 aromatic heterocycles. The minimum absolute atomic E-state index is 0.142. The van der Waals surface area contributed by atoms with E-state index in [0.29, 0.717) is 17.6 Å². The molecular formula is C12H21N3O2. The van der Waals surface area contributed by atoms with Crippen molar-refractivity contribution in [2.45, 2.75) is 20.8 Å². The van der Waals surface area contributed by atoms with Crippen LogP contribution in [0.4, 0.5) is 0 Å². The first-order chi connectivity index (χ1) is 7.75. The highest BCUT2D eigenvalue weighted by atomic mass is 16.2. The smallest absolute Gasteiger partial charge is 0.168 e. The number of rotatable bonds is 4. The zero-order valence-corrected chi connectivity index (χ0v) is 10.9. The highest BCUT2D eigenvalue weighted by Crippen LogP contribution is 2.30. The van der Waals surface area contributed by atoms with Crippen molar-refractivity contribution >= 4 is 18.7 Å². The third kappa shape index (κ3) is 5.21. The lowest BCUT2D eigenvalue weighted by Crippen LogP contribution is -2.22. The van der Waals surface area contributed by atoms with Crippen molar-refractivity contribution in [1.29, 1.82) is 5.41 Å². The van der Waals surface area contributed by atoms with Crippen LogP contribution in [0.25, 0.3) is 0 Å². The molecule has 0 rings (SSSR count). The lowest BCUT2D eigenvalue weighted by Gasteiger charge is -2.24. The van der Waals surface area contributed by atoms with Crippen molar-refractivity contribution < 1.29 is 9.90 Å². The van der Waals surface area contributed by atoms with Crippen LogP contribution >= 0.6 is 0 Å². The van der Waals surface area contributed by atoms with Gasteiger partial charge in [0.15, 0.2) is 6.29 Å². The van der Waals surface area contributed by atoms with Gasteiger partial charge in [0.25, 0.3) is 0 Å². The summed E-state index contributed by atoms with van der Waals surface area (Å²) in [7, 11) is 1.00. The molecule has 5 heteroatoms. The van der Waals surface area contributed by atoms with Gasteiger partial charge in [-0.2, -0.15) is 0 Å². The molecule has 0 saturated carbocycles. The first-order valence-corrected chi connectivity index (χ1v) is 4.90. The molecule has 4 N–H and O–H groups in total. The number of carbonyl (C=O) groups is 1. The number of aliphatic imine (C=N–C) groups is 1. The first kappa shape index (κ1) is 17.6. The molecule has 0 aromatic rings. The molecule has 0 aliphatic heterocycles. The monoisotopic (exact) mass is 239 g/mol. The lowest BCUT2D eigenvalue weighted by molar-refractivity contribution is -0.102. The zero-order chi connectivity index (χ0) is 14.2. The molecule has 0 saturated heterocycles. The Labute approximate surface area is 102 Å². The van der Waals surface area contributed by atoms with Crippen molar-refractivity contribution in [1.82, 2.24) is 0 Å². The third-order valence-corrected chi connectivity index (χ3v) is 1.84. The van der Waals surface area contributed by atoms with Crippen LogP contribution in [0.5, 0.6) is 0 Å². The summed E-state index contributed by atoms with van der Waals surface area (Å²) in [4.78, 5) is 14.4. The molecule has 0 aliphatic rings. The van der Waals surface area contributed by atoms with Gasteiger partial charge in [-0.05, 0) is 12.1 Å². The molecule has 0 amide bonds. The predicted molar refractivity (Wildman–Crippen MR) is 71.3 cm³/mol. The van der Waals surface area contributed by atoms with Gasteiger partial charge in [-0.3, -0.25) is 15.2 Å². The molecule has 0 aliphatic carbocycles. The Bertz CT molecular complexity index is 349. The molecule has 96 valence electrons. The number of aliphatic hydroxyl groups excluding tert-OH is 1. The molecule has 0 spiro atoms. The van der Waals surface area contributed by atoms with Crippen LogP contribution in [0, 0.1) is 10.8 Å². The van der Waals surface area contributed by atoms with Crippen LogP contribution in [-0.4, -0.2) is 30.9 Å². The number of carbonyl (C=O) groups excluding carboxylic acids is 1. The van der Waals surface area contributed by atoms with E-state index in [0.717, 1.165) is 7.11 Å². The minimum atomic E-state index is -0.406. The molecule has 0 unspecified atom stereocenters. The summed E-state index contributed by atoms with van der Waals surface area (Å²) < 4.78 is 0. The fraction of sp³-hybridized carbons (Fsp3) is 0.417. The standard InChI is InChI=1S/C11H17N3O.CH4O/c1-7(12)10(14-5)9(8(13)6-15)11(2,3)4;1-2/h6,13H,1,5,12H2,2-4H3;2H,1H3/b10-9-,13-8?;. The summed E-state index contributed by atoms with van der Waals surface area (Å²) in [6, 6.07) is 0. The molecule has 0 atom stereocenters. The maximum absolute atomic E-state index is 10.6. The number of allylic oxidation sites excluding steroid dienone is 1. The van der Waals surface area contributed by atoms with Crippen molar-refractivity contribution in [3.05, 3.63) is 23.5 Å². The van der Waals surface area contributed by atoms with Crippen molar-refractivity contribution in [2.24, 2.45) is 16.1 Å². The molecular weight excluding hydrogens is 218 g/mol. The summed E-state index contributed by atoms with van der Waals surface area (Å²) in [6.45, 7) is 12.5. The summed E-state index contributed by atoms with van der Waals surface area (Å²) >= 11 is 0. The second kappa shape index (κ2) is 7.51. The Balaban J connectivity index is 0. The highest BCUT2D eigenvalue weighted by Gasteiger charge is 2.25. The number of nitrogens with one attached hydrogen (secondary N) is 1. The fourth-order valence-electron chi connectivity index (χ4n) is 1.29. The Kier molecular flexibility index (Phi) is 7.79. The van der Waals surface area contributed by atoms with Gasteiger partial charge in [0.05, 0.1) is 17.1 Å². The van der Waals surface area contributed by atoms with E-state index in [2.05, 4.69) is 18.3 Å². The first-order valence-electron chi connectivity index (χ1n) is 4.90. The molecule has 0 heterocycles. The van der Waals surface area contributed by atoms with E-state index in [1.807, 2.05) is 20.8 Å². The van der Waals surface area contributed by atoms with Gasteiger partial charge in [0.1, 0.15) is 0 Å². The molecule has 5 nitrogen and oxygen atoms in total. The van der Waals surface area contributed by atoms with Crippen LogP contribution in [0.15, 0.2) is 28.5 Å². The lowest BCUT2D eigenvalue weighted by atomic mass is 9.82. The third-order valence-electron chi connectivity index (χ3n) is 1.84. The Morgan fingerprint density at radius 1 is 1.41 bits per heavy atom. The summed E-state index contributed by atoms with van der Waals surface area (Å²) in [5.41, 5.74) is 5.98. The molecule has 0 bridgehead atoms. The van der Waals surface area contributed by atoms with Crippen LogP contribution in [0.1, 0.15) is 20.8 Å². The minimum Gasteiger partial charge on any atom is -0.400 e. The maximum atomic E-state index is 10.6. The number of hydrogen-bond acceptors (Lipinski definition) is 5. The molecule has 0 aromatic carbocycles. The quantitative estimate of drug-likeness (QED) is 0.391. The normalized spacial score (nSPS) is 11.6. The van der Waals surface area contributed by atoms with Gasteiger partial charge in [0.2, 0.25) is 0 Å². The molecule has 0 radical (unpaired) electrons. The summed E-state index contributed by atoms with van der Waals surface area (Å²) in [6.07, 6.45) is 0.467. The highest BCUT2D eigenvalue weighted by molar-refractivity contribution is 6.35. The molecule has 0 fully saturated rings. The van der Waals surface area contributed by atoms with Gasteiger partial charge in [-0.1, -0.05) is 27.4 Å². The second-order valence-corrected chi connectivity index (χ2v) is 4.19. The summed E-state index contributed by atoms with van der Waals surface area (Å²) in [5, 5.41) is 14.6. The van der Waals surface area contributed by atoms with E-state index in [9.17, 15) is 4.79 Å². The van der Waals surface area contributed by atoms with Crippen LogP contribution in [0.2, 0.25) is 0 Å². The van der Waals surface area contributed by atoms with Gasteiger partial charge in [0, 0.05) is 12.7 Å². The van der Waals surface area contributed by atoms with Crippen LogP contribution in [-0.2, 0) is 4.79 Å².